The zero-order chi connectivity index (χ0) is 15.1. The Balaban J connectivity index is 2.47. The predicted molar refractivity (Wildman–Crippen MR) is 63.5 cm³/mol. The molecule has 0 radical (unpaired) electrons. The second-order valence-corrected chi connectivity index (χ2v) is 4.35. The topological polar surface area (TPSA) is 125 Å². The fourth-order valence-electron chi connectivity index (χ4n) is 2.08. The van der Waals surface area contributed by atoms with Crippen LogP contribution in [-0.2, 0) is 4.74 Å². The molecule has 20 heavy (non-hydrogen) atoms. The van der Waals surface area contributed by atoms with E-state index in [2.05, 4.69) is 6.58 Å². The van der Waals surface area contributed by atoms with Gasteiger partial charge in [-0.15, -0.1) is 0 Å². The average Bonchev–Trinajstić information content (AvgIpc) is 2.64. The van der Waals surface area contributed by atoms with Gasteiger partial charge in [0.15, 0.2) is 11.8 Å². The fourth-order valence-corrected chi connectivity index (χ4v) is 2.08. The van der Waals surface area contributed by atoms with Crippen molar-refractivity contribution in [3.05, 3.63) is 45.8 Å². The zero-order valence-corrected chi connectivity index (χ0v) is 10.1. The molecule has 110 valence electrons. The molecule has 0 spiro atoms. The number of halogens is 1. The molecule has 1 aliphatic heterocycles. The maximum atomic E-state index is 13.3. The number of H-pyrrole nitrogens is 1. The van der Waals surface area contributed by atoms with E-state index in [1.807, 2.05) is 4.98 Å². The number of rotatable bonds is 3. The third-order valence-electron chi connectivity index (χ3n) is 3.22. The number of alkyl halides is 1. The molecule has 1 aliphatic rings. The van der Waals surface area contributed by atoms with E-state index in [0.717, 1.165) is 22.9 Å². The molecule has 5 atom stereocenters. The van der Waals surface area contributed by atoms with Gasteiger partial charge in [0.25, 0.3) is 5.56 Å². The van der Waals surface area contributed by atoms with Crippen molar-refractivity contribution in [2.75, 3.05) is 0 Å². The van der Waals surface area contributed by atoms with Crippen LogP contribution in [0, 0.1) is 0 Å². The number of hydrogen-bond acceptors (Lipinski definition) is 6. The minimum atomic E-state index is -2.66. The van der Waals surface area contributed by atoms with Crippen LogP contribution < -0.4 is 11.2 Å². The molecule has 0 aromatic carbocycles. The summed E-state index contributed by atoms with van der Waals surface area (Å²) in [6.07, 6.45) is -5.87. The molecule has 8 nitrogen and oxygen atoms in total. The number of aliphatic hydroxyl groups excluding tert-OH is 3. The van der Waals surface area contributed by atoms with Crippen LogP contribution in [0.2, 0.25) is 0 Å². The number of hydrogen-bond donors (Lipinski definition) is 4. The van der Waals surface area contributed by atoms with Crippen molar-refractivity contribution in [3.8, 4) is 0 Å². The van der Waals surface area contributed by atoms with Gasteiger partial charge in [0, 0.05) is 12.3 Å². The lowest BCUT2D eigenvalue weighted by Gasteiger charge is -2.28. The third kappa shape index (κ3) is 2.00. The van der Waals surface area contributed by atoms with E-state index in [1.54, 1.807) is 0 Å². The summed E-state index contributed by atoms with van der Waals surface area (Å²) in [5.41, 5.74) is -3.85. The van der Waals surface area contributed by atoms with Crippen LogP contribution in [0.1, 0.15) is 6.23 Å². The SMILES string of the molecule is C=C[C@]1(C(O)F)O[C@@H](n2ccc(=O)[nH]c2=O)[C@H](O)[C@@H]1O. The number of aromatic nitrogens is 2. The largest absolute Gasteiger partial charge is 0.387 e. The summed E-state index contributed by atoms with van der Waals surface area (Å²) < 4.78 is 19.1. The van der Waals surface area contributed by atoms with Gasteiger partial charge in [0.2, 0.25) is 6.36 Å². The number of aromatic amines is 1. The highest BCUT2D eigenvalue weighted by Gasteiger charge is 2.58. The van der Waals surface area contributed by atoms with E-state index < -0.39 is 41.6 Å². The molecule has 0 bridgehead atoms. The molecule has 9 heteroatoms. The molecule has 0 amide bonds. The lowest BCUT2D eigenvalue weighted by molar-refractivity contribution is -0.177. The lowest BCUT2D eigenvalue weighted by atomic mass is 9.95. The molecule has 1 saturated heterocycles. The van der Waals surface area contributed by atoms with Gasteiger partial charge in [-0.2, -0.15) is 0 Å². The normalized spacial score (nSPS) is 34.9. The Morgan fingerprint density at radius 1 is 1.55 bits per heavy atom. The molecular weight excluding hydrogens is 275 g/mol. The predicted octanol–water partition coefficient (Wildman–Crippen LogP) is -2.00. The Morgan fingerprint density at radius 3 is 2.65 bits per heavy atom. The smallest absolute Gasteiger partial charge is 0.330 e. The second-order valence-electron chi connectivity index (χ2n) is 4.35. The van der Waals surface area contributed by atoms with Crippen LogP contribution in [0.3, 0.4) is 0 Å². The van der Waals surface area contributed by atoms with Crippen molar-refractivity contribution in [2.45, 2.75) is 30.4 Å². The van der Waals surface area contributed by atoms with Crippen LogP contribution in [0.25, 0.3) is 0 Å². The fraction of sp³-hybridized carbons (Fsp3) is 0.455. The highest BCUT2D eigenvalue weighted by Crippen LogP contribution is 2.40. The number of nitrogens with zero attached hydrogens (tertiary/aromatic N) is 1. The van der Waals surface area contributed by atoms with E-state index in [1.165, 1.54) is 0 Å². The van der Waals surface area contributed by atoms with Crippen molar-refractivity contribution < 1.29 is 24.4 Å². The summed E-state index contributed by atoms with van der Waals surface area (Å²) in [4.78, 5) is 24.5. The molecule has 0 aliphatic carbocycles. The van der Waals surface area contributed by atoms with Crippen molar-refractivity contribution in [3.63, 3.8) is 0 Å². The monoisotopic (exact) mass is 288 g/mol. The molecule has 0 saturated carbocycles. The van der Waals surface area contributed by atoms with Gasteiger partial charge < -0.3 is 20.1 Å². The van der Waals surface area contributed by atoms with Crippen LogP contribution in [0.5, 0.6) is 0 Å². The van der Waals surface area contributed by atoms with Gasteiger partial charge in [-0.25, -0.2) is 9.18 Å². The summed E-state index contributed by atoms with van der Waals surface area (Å²) >= 11 is 0. The molecule has 2 rings (SSSR count). The van der Waals surface area contributed by atoms with Crippen molar-refractivity contribution in [1.82, 2.24) is 9.55 Å². The number of aliphatic hydroxyl groups is 3. The average molecular weight is 288 g/mol. The summed E-state index contributed by atoms with van der Waals surface area (Å²) in [7, 11) is 0. The first-order valence-corrected chi connectivity index (χ1v) is 5.64. The number of nitrogens with one attached hydrogen (secondary N) is 1. The molecule has 1 aromatic rings. The first-order chi connectivity index (χ1) is 9.33. The van der Waals surface area contributed by atoms with E-state index in [0.29, 0.717) is 0 Å². The van der Waals surface area contributed by atoms with Crippen LogP contribution in [0.4, 0.5) is 4.39 Å². The van der Waals surface area contributed by atoms with Gasteiger partial charge in [-0.05, 0) is 0 Å². The number of ether oxygens (including phenoxy) is 1. The Kier molecular flexibility index (Phi) is 3.61. The van der Waals surface area contributed by atoms with E-state index in [9.17, 15) is 24.2 Å². The second kappa shape index (κ2) is 4.94. The van der Waals surface area contributed by atoms with Crippen LogP contribution in [0.15, 0.2) is 34.5 Å². The van der Waals surface area contributed by atoms with E-state index in [4.69, 9.17) is 9.84 Å². The van der Waals surface area contributed by atoms with Crippen molar-refractivity contribution >= 4 is 0 Å². The first kappa shape index (κ1) is 14.6. The summed E-state index contributed by atoms with van der Waals surface area (Å²) in [6, 6.07) is 0.990. The van der Waals surface area contributed by atoms with Gasteiger partial charge in [-0.3, -0.25) is 14.3 Å². The molecular formula is C11H13FN2O6. The maximum absolute atomic E-state index is 13.3. The summed E-state index contributed by atoms with van der Waals surface area (Å²) in [5, 5.41) is 28.8. The molecule has 1 unspecified atom stereocenters. The molecule has 2 heterocycles. The van der Waals surface area contributed by atoms with Crippen LogP contribution >= 0.6 is 0 Å². The first-order valence-electron chi connectivity index (χ1n) is 5.64. The summed E-state index contributed by atoms with van der Waals surface area (Å²) in [5.74, 6) is 0. The van der Waals surface area contributed by atoms with Gasteiger partial charge in [0.05, 0.1) is 0 Å². The highest BCUT2D eigenvalue weighted by atomic mass is 19.1. The standard InChI is InChI=1S/C11H13FN2O6/c1-2-11(9(12)18)7(17)6(16)8(20-11)14-4-3-5(15)13-10(14)19/h2-4,6-9,16-18H,1H2,(H,13,15,19)/t6-,7+,8-,9?,11+/m1/s1. The van der Waals surface area contributed by atoms with Crippen molar-refractivity contribution in [1.29, 1.82) is 0 Å². The Labute approximate surface area is 111 Å². The van der Waals surface area contributed by atoms with Crippen molar-refractivity contribution in [2.24, 2.45) is 0 Å². The molecule has 1 fully saturated rings. The van der Waals surface area contributed by atoms with Gasteiger partial charge in [0.1, 0.15) is 12.2 Å². The van der Waals surface area contributed by atoms with E-state index >= 15 is 0 Å². The Hall–Kier alpha value is -1.81. The maximum Gasteiger partial charge on any atom is 0.330 e. The lowest BCUT2D eigenvalue weighted by Crippen LogP contribution is -2.48. The Bertz CT molecular complexity index is 626. The third-order valence-corrected chi connectivity index (χ3v) is 3.22. The minimum Gasteiger partial charge on any atom is -0.387 e. The van der Waals surface area contributed by atoms with E-state index in [-0.39, 0.29) is 0 Å². The van der Waals surface area contributed by atoms with Gasteiger partial charge in [-0.1, -0.05) is 12.7 Å². The quantitative estimate of drug-likeness (QED) is 0.477. The minimum absolute atomic E-state index is 0.667. The summed E-state index contributed by atoms with van der Waals surface area (Å²) in [6.45, 7) is 3.24. The van der Waals surface area contributed by atoms with Crippen LogP contribution in [-0.4, -0.2) is 49.0 Å². The molecule has 1 aromatic heterocycles. The Morgan fingerprint density at radius 2 is 2.20 bits per heavy atom. The highest BCUT2D eigenvalue weighted by molar-refractivity contribution is 5.12. The zero-order valence-electron chi connectivity index (χ0n) is 10.1. The van der Waals surface area contributed by atoms with Gasteiger partial charge >= 0.3 is 5.69 Å². The molecule has 4 N–H and O–H groups in total.